The summed E-state index contributed by atoms with van der Waals surface area (Å²) < 4.78 is 2.11. The van der Waals surface area contributed by atoms with Crippen LogP contribution in [0, 0.1) is 20.8 Å². The van der Waals surface area contributed by atoms with E-state index in [-0.39, 0.29) is 11.8 Å². The minimum absolute atomic E-state index is 0.0763. The number of nitrogens with one attached hydrogen (secondary N) is 1. The van der Waals surface area contributed by atoms with E-state index in [1.807, 2.05) is 55.1 Å². The molecule has 1 fully saturated rings. The average molecular weight is 416 g/mol. The van der Waals surface area contributed by atoms with Crippen molar-refractivity contribution in [2.75, 3.05) is 13.1 Å². The lowest BCUT2D eigenvalue weighted by Crippen LogP contribution is -2.28. The van der Waals surface area contributed by atoms with E-state index in [9.17, 15) is 9.59 Å². The molecule has 2 amide bonds. The number of hydrogen-bond donors (Lipinski definition) is 1. The zero-order chi connectivity index (χ0) is 22.0. The number of carbonyl (C=O) groups excluding carboxylic acids is 2. The first kappa shape index (κ1) is 20.9. The van der Waals surface area contributed by atoms with Crippen molar-refractivity contribution in [1.29, 1.82) is 0 Å². The largest absolute Gasteiger partial charge is 0.348 e. The van der Waals surface area contributed by atoms with Crippen molar-refractivity contribution in [2.45, 2.75) is 40.2 Å². The number of aromatic nitrogens is 1. The predicted octanol–water partition coefficient (Wildman–Crippen LogP) is 4.57. The Kier molecular flexibility index (Phi) is 5.94. The maximum Gasteiger partial charge on any atom is 0.253 e. The SMILES string of the molecule is Cc1cccc(-n2c(C)cc(C(=O)NCc3cccc(C(=O)N4CCCC4)c3)c2C)c1. The molecule has 4 rings (SSSR count). The third-order valence-electron chi connectivity index (χ3n) is 5.96. The van der Waals surface area contributed by atoms with Gasteiger partial charge in [-0.3, -0.25) is 9.59 Å². The van der Waals surface area contributed by atoms with Gasteiger partial charge < -0.3 is 14.8 Å². The lowest BCUT2D eigenvalue weighted by atomic mass is 10.1. The summed E-state index contributed by atoms with van der Waals surface area (Å²) in [5.41, 5.74) is 6.45. The number of benzene rings is 2. The van der Waals surface area contributed by atoms with Crippen LogP contribution in [0.4, 0.5) is 0 Å². The van der Waals surface area contributed by atoms with Crippen molar-refractivity contribution in [3.63, 3.8) is 0 Å². The van der Waals surface area contributed by atoms with Crippen LogP contribution in [0.15, 0.2) is 54.6 Å². The molecule has 1 N–H and O–H groups in total. The molecule has 2 aromatic carbocycles. The number of hydrogen-bond acceptors (Lipinski definition) is 2. The van der Waals surface area contributed by atoms with E-state index in [2.05, 4.69) is 35.0 Å². The summed E-state index contributed by atoms with van der Waals surface area (Å²) in [7, 11) is 0. The molecule has 2 heterocycles. The van der Waals surface area contributed by atoms with Gasteiger partial charge in [0.1, 0.15) is 0 Å². The highest BCUT2D eigenvalue weighted by molar-refractivity contribution is 5.96. The molecule has 0 atom stereocenters. The van der Waals surface area contributed by atoms with Crippen molar-refractivity contribution >= 4 is 11.8 Å². The second kappa shape index (κ2) is 8.80. The smallest absolute Gasteiger partial charge is 0.253 e. The van der Waals surface area contributed by atoms with Crippen molar-refractivity contribution in [3.05, 3.63) is 88.2 Å². The Hall–Kier alpha value is -3.34. The van der Waals surface area contributed by atoms with Crippen molar-refractivity contribution in [2.24, 2.45) is 0 Å². The molecule has 0 radical (unpaired) electrons. The van der Waals surface area contributed by atoms with Crippen molar-refractivity contribution < 1.29 is 9.59 Å². The number of aryl methyl sites for hydroxylation is 2. The van der Waals surface area contributed by atoms with E-state index in [1.54, 1.807) is 0 Å². The molecule has 1 aliphatic rings. The maximum absolute atomic E-state index is 12.9. The summed E-state index contributed by atoms with van der Waals surface area (Å²) >= 11 is 0. The molecule has 3 aromatic rings. The van der Waals surface area contributed by atoms with Crippen LogP contribution in [-0.4, -0.2) is 34.4 Å². The molecule has 0 aliphatic carbocycles. The first-order chi connectivity index (χ1) is 14.9. The molecule has 160 valence electrons. The molecular formula is C26H29N3O2. The van der Waals surface area contributed by atoms with Gasteiger partial charge in [-0.25, -0.2) is 0 Å². The van der Waals surface area contributed by atoms with Crippen LogP contribution in [0.1, 0.15) is 56.1 Å². The summed E-state index contributed by atoms with van der Waals surface area (Å²) in [6, 6.07) is 17.7. The van der Waals surface area contributed by atoms with Crippen LogP contribution in [0.3, 0.4) is 0 Å². The van der Waals surface area contributed by atoms with E-state index >= 15 is 0 Å². The summed E-state index contributed by atoms with van der Waals surface area (Å²) in [6.07, 6.45) is 2.14. The zero-order valence-electron chi connectivity index (χ0n) is 18.4. The van der Waals surface area contributed by atoms with Crippen LogP contribution in [0.5, 0.6) is 0 Å². The van der Waals surface area contributed by atoms with Gasteiger partial charge in [-0.1, -0.05) is 24.3 Å². The zero-order valence-corrected chi connectivity index (χ0v) is 18.4. The number of rotatable bonds is 5. The molecule has 5 heteroatoms. The fraction of sp³-hybridized carbons (Fsp3) is 0.308. The fourth-order valence-corrected chi connectivity index (χ4v) is 4.35. The van der Waals surface area contributed by atoms with Gasteiger partial charge in [0.05, 0.1) is 5.56 Å². The summed E-state index contributed by atoms with van der Waals surface area (Å²) in [5, 5.41) is 3.02. The van der Waals surface area contributed by atoms with Gasteiger partial charge in [-0.15, -0.1) is 0 Å². The second-order valence-corrected chi connectivity index (χ2v) is 8.34. The molecule has 1 saturated heterocycles. The molecule has 31 heavy (non-hydrogen) atoms. The highest BCUT2D eigenvalue weighted by atomic mass is 16.2. The molecule has 0 bridgehead atoms. The first-order valence-electron chi connectivity index (χ1n) is 10.9. The average Bonchev–Trinajstić information content (AvgIpc) is 3.40. The van der Waals surface area contributed by atoms with Gasteiger partial charge in [0.15, 0.2) is 0 Å². The highest BCUT2D eigenvalue weighted by Crippen LogP contribution is 2.22. The van der Waals surface area contributed by atoms with Crippen LogP contribution >= 0.6 is 0 Å². The minimum Gasteiger partial charge on any atom is -0.348 e. The van der Waals surface area contributed by atoms with E-state index in [0.29, 0.717) is 17.7 Å². The Balaban J connectivity index is 1.48. The summed E-state index contributed by atoms with van der Waals surface area (Å²) in [6.45, 7) is 8.09. The molecule has 5 nitrogen and oxygen atoms in total. The second-order valence-electron chi connectivity index (χ2n) is 8.34. The lowest BCUT2D eigenvalue weighted by Gasteiger charge is -2.15. The van der Waals surface area contributed by atoms with Gasteiger partial charge in [0.2, 0.25) is 0 Å². The fourth-order valence-electron chi connectivity index (χ4n) is 4.35. The highest BCUT2D eigenvalue weighted by Gasteiger charge is 2.20. The molecule has 1 aliphatic heterocycles. The van der Waals surface area contributed by atoms with Crippen molar-refractivity contribution in [3.8, 4) is 5.69 Å². The molecule has 1 aromatic heterocycles. The molecule has 0 saturated carbocycles. The number of likely N-dealkylation sites (tertiary alicyclic amines) is 1. The Morgan fingerprint density at radius 1 is 0.935 bits per heavy atom. The molecule has 0 unspecified atom stereocenters. The van der Waals surface area contributed by atoms with Crippen LogP contribution in [0.25, 0.3) is 5.69 Å². The Labute approximate surface area is 183 Å². The van der Waals surface area contributed by atoms with Gasteiger partial charge in [0, 0.05) is 42.3 Å². The predicted molar refractivity (Wildman–Crippen MR) is 123 cm³/mol. The molecule has 0 spiro atoms. The van der Waals surface area contributed by atoms with E-state index < -0.39 is 0 Å². The van der Waals surface area contributed by atoms with Gasteiger partial charge in [0.25, 0.3) is 11.8 Å². The van der Waals surface area contributed by atoms with Crippen LogP contribution in [0.2, 0.25) is 0 Å². The third-order valence-corrected chi connectivity index (χ3v) is 5.96. The third kappa shape index (κ3) is 4.41. The normalized spacial score (nSPS) is 13.5. The van der Waals surface area contributed by atoms with Gasteiger partial charge >= 0.3 is 0 Å². The monoisotopic (exact) mass is 415 g/mol. The number of nitrogens with zero attached hydrogens (tertiary/aromatic N) is 2. The topological polar surface area (TPSA) is 54.3 Å². The molecular weight excluding hydrogens is 386 g/mol. The summed E-state index contributed by atoms with van der Waals surface area (Å²) in [4.78, 5) is 27.5. The van der Waals surface area contributed by atoms with Gasteiger partial charge in [-0.2, -0.15) is 0 Å². The Morgan fingerprint density at radius 2 is 1.68 bits per heavy atom. The van der Waals surface area contributed by atoms with E-state index in [0.717, 1.165) is 48.6 Å². The van der Waals surface area contributed by atoms with Gasteiger partial charge in [-0.05, 0) is 75.1 Å². The van der Waals surface area contributed by atoms with Crippen LogP contribution in [-0.2, 0) is 6.54 Å². The number of amides is 2. The van der Waals surface area contributed by atoms with Crippen molar-refractivity contribution in [1.82, 2.24) is 14.8 Å². The summed E-state index contributed by atoms with van der Waals surface area (Å²) in [5.74, 6) is -0.0318. The quantitative estimate of drug-likeness (QED) is 0.664. The minimum atomic E-state index is -0.108. The van der Waals surface area contributed by atoms with Crippen LogP contribution < -0.4 is 5.32 Å². The Morgan fingerprint density at radius 3 is 2.42 bits per heavy atom. The first-order valence-corrected chi connectivity index (χ1v) is 10.9. The maximum atomic E-state index is 12.9. The Bertz CT molecular complexity index is 1120. The number of carbonyl (C=O) groups is 2. The van der Waals surface area contributed by atoms with E-state index in [1.165, 1.54) is 5.56 Å². The lowest BCUT2D eigenvalue weighted by molar-refractivity contribution is 0.0792. The standard InChI is InChI=1S/C26H29N3O2/c1-18-8-6-11-23(14-18)29-19(2)15-24(20(29)3)25(30)27-17-21-9-7-10-22(16-21)26(31)28-12-4-5-13-28/h6-11,14-16H,4-5,12-13,17H2,1-3H3,(H,27,30). The van der Waals surface area contributed by atoms with E-state index in [4.69, 9.17) is 0 Å².